The van der Waals surface area contributed by atoms with Crippen LogP contribution in [0.5, 0.6) is 0 Å². The van der Waals surface area contributed by atoms with Crippen molar-refractivity contribution in [3.05, 3.63) is 35.1 Å². The molecule has 0 radical (unpaired) electrons. The molecule has 0 heterocycles. The van der Waals surface area contributed by atoms with Crippen molar-refractivity contribution in [2.24, 2.45) is 0 Å². The number of carbonyl (C=O) groups excluding carboxylic acids is 1. The molecule has 98 valence electrons. The van der Waals surface area contributed by atoms with E-state index in [1.165, 1.54) is 0 Å². The summed E-state index contributed by atoms with van der Waals surface area (Å²) in [5, 5.41) is 2.71. The average molecular weight is 257 g/mol. The lowest BCUT2D eigenvalue weighted by Gasteiger charge is -2.22. The largest absolute Gasteiger partial charge is 0.349 e. The molecule has 0 aromatic heterocycles. The number of nitrogens with one attached hydrogen (secondary N) is 1. The molecule has 2 nitrogen and oxygen atoms in total. The zero-order chi connectivity index (χ0) is 13.1. The van der Waals surface area contributed by atoms with Gasteiger partial charge in [-0.3, -0.25) is 4.79 Å². The summed E-state index contributed by atoms with van der Waals surface area (Å²) in [6.07, 6.45) is 4.97. The minimum Gasteiger partial charge on any atom is -0.349 e. The minimum atomic E-state index is -1.55. The Morgan fingerprint density at radius 3 is 2.17 bits per heavy atom. The Kier molecular flexibility index (Phi) is 3.89. The first kappa shape index (κ1) is 12.9. The van der Waals surface area contributed by atoms with Crippen LogP contribution in [0.25, 0.3) is 0 Å². The fourth-order valence-electron chi connectivity index (χ4n) is 2.20. The summed E-state index contributed by atoms with van der Waals surface area (Å²) in [4.78, 5) is 11.8. The highest BCUT2D eigenvalue weighted by Crippen LogP contribution is 2.19. The molecular formula is C13H14F3NO. The number of hydrogen-bond acceptors (Lipinski definition) is 1. The molecule has 1 aliphatic rings. The highest BCUT2D eigenvalue weighted by molar-refractivity contribution is 5.94. The van der Waals surface area contributed by atoms with Gasteiger partial charge < -0.3 is 5.32 Å². The highest BCUT2D eigenvalue weighted by Gasteiger charge is 2.19. The third-order valence-electron chi connectivity index (χ3n) is 3.19. The normalized spacial score (nSPS) is 16.6. The fraction of sp³-hybridized carbons (Fsp3) is 0.462. The summed E-state index contributed by atoms with van der Waals surface area (Å²) in [6.45, 7) is 0. The van der Waals surface area contributed by atoms with Gasteiger partial charge in [-0.1, -0.05) is 19.3 Å². The molecule has 1 aliphatic carbocycles. The van der Waals surface area contributed by atoms with Gasteiger partial charge in [0.25, 0.3) is 5.91 Å². The van der Waals surface area contributed by atoms with Crippen molar-refractivity contribution in [2.75, 3.05) is 0 Å². The van der Waals surface area contributed by atoms with E-state index < -0.39 is 23.4 Å². The molecule has 5 heteroatoms. The Labute approximate surface area is 103 Å². The van der Waals surface area contributed by atoms with Gasteiger partial charge in [0.1, 0.15) is 0 Å². The van der Waals surface area contributed by atoms with Gasteiger partial charge in [-0.2, -0.15) is 0 Å². The van der Waals surface area contributed by atoms with Gasteiger partial charge in [-0.25, -0.2) is 13.2 Å². The number of benzene rings is 1. The second-order valence-electron chi connectivity index (χ2n) is 4.56. The molecule has 1 fully saturated rings. The standard InChI is InChI=1S/C13H14F3NO/c14-10-6-8(7-11(15)12(10)16)13(18)17-9-4-2-1-3-5-9/h6-7,9H,1-5H2,(H,17,18). The molecule has 0 spiro atoms. The zero-order valence-corrected chi connectivity index (χ0v) is 9.81. The third-order valence-corrected chi connectivity index (χ3v) is 3.19. The van der Waals surface area contributed by atoms with Crippen LogP contribution in [0, 0.1) is 17.5 Å². The average Bonchev–Trinajstić information content (AvgIpc) is 2.36. The first-order valence-electron chi connectivity index (χ1n) is 6.03. The lowest BCUT2D eigenvalue weighted by Crippen LogP contribution is -2.36. The first-order valence-corrected chi connectivity index (χ1v) is 6.03. The minimum absolute atomic E-state index is 0.0439. The van der Waals surface area contributed by atoms with E-state index in [1.54, 1.807) is 0 Å². The maximum atomic E-state index is 13.0. The Hall–Kier alpha value is -1.52. The second kappa shape index (κ2) is 5.42. The number of hydrogen-bond donors (Lipinski definition) is 1. The molecule has 0 bridgehead atoms. The Bertz CT molecular complexity index is 433. The van der Waals surface area contributed by atoms with Gasteiger partial charge in [0.15, 0.2) is 17.5 Å². The van der Waals surface area contributed by atoms with E-state index in [1.807, 2.05) is 0 Å². The van der Waals surface area contributed by atoms with Crippen molar-refractivity contribution in [2.45, 2.75) is 38.1 Å². The molecule has 1 aromatic rings. The van der Waals surface area contributed by atoms with Crippen LogP contribution in [0.4, 0.5) is 13.2 Å². The van der Waals surface area contributed by atoms with E-state index in [2.05, 4.69) is 5.32 Å². The number of carbonyl (C=O) groups is 1. The van der Waals surface area contributed by atoms with Gasteiger partial charge >= 0.3 is 0 Å². The van der Waals surface area contributed by atoms with E-state index in [0.717, 1.165) is 44.2 Å². The van der Waals surface area contributed by atoms with Crippen LogP contribution in [-0.2, 0) is 0 Å². The van der Waals surface area contributed by atoms with E-state index in [9.17, 15) is 18.0 Å². The molecule has 1 saturated carbocycles. The predicted octanol–water partition coefficient (Wildman–Crippen LogP) is 3.17. The monoisotopic (exact) mass is 257 g/mol. The van der Waals surface area contributed by atoms with Crippen molar-refractivity contribution in [1.82, 2.24) is 5.32 Å². The topological polar surface area (TPSA) is 29.1 Å². The van der Waals surface area contributed by atoms with Crippen molar-refractivity contribution < 1.29 is 18.0 Å². The van der Waals surface area contributed by atoms with Crippen LogP contribution in [-0.4, -0.2) is 11.9 Å². The lowest BCUT2D eigenvalue weighted by molar-refractivity contribution is 0.0926. The molecule has 0 aliphatic heterocycles. The van der Waals surface area contributed by atoms with Crippen LogP contribution in [0.1, 0.15) is 42.5 Å². The molecule has 1 aromatic carbocycles. The number of amides is 1. The smallest absolute Gasteiger partial charge is 0.251 e. The quantitative estimate of drug-likeness (QED) is 0.810. The summed E-state index contributed by atoms with van der Waals surface area (Å²) >= 11 is 0. The SMILES string of the molecule is O=C(NC1CCCCC1)c1cc(F)c(F)c(F)c1. The fourth-order valence-corrected chi connectivity index (χ4v) is 2.20. The van der Waals surface area contributed by atoms with E-state index in [-0.39, 0.29) is 11.6 Å². The van der Waals surface area contributed by atoms with Crippen LogP contribution in [0.15, 0.2) is 12.1 Å². The molecule has 0 atom stereocenters. The molecule has 2 rings (SSSR count). The van der Waals surface area contributed by atoms with Crippen molar-refractivity contribution in [3.8, 4) is 0 Å². The molecule has 18 heavy (non-hydrogen) atoms. The molecule has 0 unspecified atom stereocenters. The molecule has 0 saturated heterocycles. The number of halogens is 3. The Balaban J connectivity index is 2.08. The summed E-state index contributed by atoms with van der Waals surface area (Å²) in [5.41, 5.74) is -0.183. The van der Waals surface area contributed by atoms with Crippen LogP contribution < -0.4 is 5.32 Å². The van der Waals surface area contributed by atoms with E-state index >= 15 is 0 Å². The van der Waals surface area contributed by atoms with Gasteiger partial charge in [0.05, 0.1) is 0 Å². The van der Waals surface area contributed by atoms with Gasteiger partial charge in [0.2, 0.25) is 0 Å². The van der Waals surface area contributed by atoms with Crippen molar-refractivity contribution in [3.63, 3.8) is 0 Å². The zero-order valence-electron chi connectivity index (χ0n) is 9.81. The van der Waals surface area contributed by atoms with Crippen molar-refractivity contribution in [1.29, 1.82) is 0 Å². The summed E-state index contributed by atoms with van der Waals surface area (Å²) in [5.74, 6) is -4.79. The summed E-state index contributed by atoms with van der Waals surface area (Å²) < 4.78 is 38.7. The van der Waals surface area contributed by atoms with Gasteiger partial charge in [-0.15, -0.1) is 0 Å². The molecular weight excluding hydrogens is 243 g/mol. The summed E-state index contributed by atoms with van der Waals surface area (Å²) in [7, 11) is 0. The van der Waals surface area contributed by atoms with Crippen LogP contribution in [0.2, 0.25) is 0 Å². The van der Waals surface area contributed by atoms with Gasteiger partial charge in [-0.05, 0) is 25.0 Å². The second-order valence-corrected chi connectivity index (χ2v) is 4.56. The lowest BCUT2D eigenvalue weighted by atomic mass is 9.95. The Morgan fingerprint density at radius 1 is 1.06 bits per heavy atom. The van der Waals surface area contributed by atoms with Crippen molar-refractivity contribution >= 4 is 5.91 Å². The maximum Gasteiger partial charge on any atom is 0.251 e. The molecule has 1 N–H and O–H groups in total. The Morgan fingerprint density at radius 2 is 1.61 bits per heavy atom. The maximum absolute atomic E-state index is 13.0. The van der Waals surface area contributed by atoms with Crippen LogP contribution >= 0.6 is 0 Å². The highest BCUT2D eigenvalue weighted by atomic mass is 19.2. The molecule has 1 amide bonds. The predicted molar refractivity (Wildman–Crippen MR) is 60.7 cm³/mol. The number of rotatable bonds is 2. The van der Waals surface area contributed by atoms with E-state index in [0.29, 0.717) is 0 Å². The van der Waals surface area contributed by atoms with E-state index in [4.69, 9.17) is 0 Å². The summed E-state index contributed by atoms with van der Waals surface area (Å²) in [6, 6.07) is 1.48. The third kappa shape index (κ3) is 2.83. The van der Waals surface area contributed by atoms with Gasteiger partial charge in [0, 0.05) is 11.6 Å². The first-order chi connectivity index (χ1) is 8.58. The van der Waals surface area contributed by atoms with Crippen LogP contribution in [0.3, 0.4) is 0 Å².